The number of aliphatic hydroxyl groups is 6. The molecule has 6 atom stereocenters. The van der Waals surface area contributed by atoms with E-state index in [4.69, 9.17) is 25.8 Å². The summed E-state index contributed by atoms with van der Waals surface area (Å²) in [4.78, 5) is 0. The van der Waals surface area contributed by atoms with Gasteiger partial charge in [-0.3, -0.25) is 0 Å². The van der Waals surface area contributed by atoms with Gasteiger partial charge in [-0.2, -0.15) is 0 Å². The molecule has 1 aromatic rings. The Morgan fingerprint density at radius 1 is 1.14 bits per heavy atom. The fourth-order valence-corrected chi connectivity index (χ4v) is 2.58. The van der Waals surface area contributed by atoms with Crippen LogP contribution in [0.4, 0.5) is 0 Å². The molecule has 1 saturated heterocycles. The highest BCUT2D eigenvalue weighted by Gasteiger charge is 2.41. The Morgan fingerprint density at radius 3 is 2.28 bits per heavy atom. The van der Waals surface area contributed by atoms with E-state index in [2.05, 4.69) is 5.32 Å². The first kappa shape index (κ1) is 25.7. The van der Waals surface area contributed by atoms with E-state index in [1.165, 1.54) is 6.07 Å². The number of nitrogens with one attached hydrogen (secondary N) is 1. The molecule has 29 heavy (non-hydrogen) atoms. The molecular weight excluding hydrogens is 384 g/mol. The van der Waals surface area contributed by atoms with E-state index in [1.54, 1.807) is 12.1 Å². The lowest BCUT2D eigenvalue weighted by molar-refractivity contribution is -0.248. The maximum atomic E-state index is 9.97. The lowest BCUT2D eigenvalue weighted by atomic mass is 9.98. The maximum absolute atomic E-state index is 9.97. The van der Waals surface area contributed by atoms with Gasteiger partial charge in [-0.25, -0.2) is 0 Å². The second-order valence-electron chi connectivity index (χ2n) is 8.00. The summed E-state index contributed by atoms with van der Waals surface area (Å²) in [5, 5.41) is 67.7. The van der Waals surface area contributed by atoms with Gasteiger partial charge in [0.05, 0.1) is 25.4 Å². The van der Waals surface area contributed by atoms with Gasteiger partial charge in [0.1, 0.15) is 24.1 Å². The summed E-state index contributed by atoms with van der Waals surface area (Å²) in [6.45, 7) is 5.79. The van der Waals surface area contributed by atoms with Crippen molar-refractivity contribution in [2.45, 2.75) is 69.7 Å². The van der Waals surface area contributed by atoms with Crippen molar-refractivity contribution in [3.8, 4) is 5.75 Å². The molecule has 1 aliphatic rings. The highest BCUT2D eigenvalue weighted by Crippen LogP contribution is 2.22. The van der Waals surface area contributed by atoms with Crippen LogP contribution in [0.3, 0.4) is 0 Å². The van der Waals surface area contributed by atoms with Crippen molar-refractivity contribution in [1.29, 1.82) is 0 Å². The zero-order valence-corrected chi connectivity index (χ0v) is 16.9. The van der Waals surface area contributed by atoms with Gasteiger partial charge in [-0.05, 0) is 38.5 Å². The lowest BCUT2D eigenvalue weighted by Gasteiger charge is -2.38. The van der Waals surface area contributed by atoms with Crippen molar-refractivity contribution in [3.05, 3.63) is 29.3 Å². The normalized spacial score (nSPS) is 28.4. The van der Waals surface area contributed by atoms with Crippen molar-refractivity contribution in [1.82, 2.24) is 5.32 Å². The highest BCUT2D eigenvalue weighted by molar-refractivity contribution is 5.36. The molecule has 0 radical (unpaired) electrons. The molecule has 0 bridgehead atoms. The van der Waals surface area contributed by atoms with Gasteiger partial charge >= 0.3 is 0 Å². The second kappa shape index (κ2) is 11.2. The summed E-state index contributed by atoms with van der Waals surface area (Å²) in [6, 6.07) is 3.72. The summed E-state index contributed by atoms with van der Waals surface area (Å²) in [6.07, 6.45) is -5.50. The molecule has 10 N–H and O–H groups in total. The number of aliphatic hydroxyl groups excluding tert-OH is 6. The topological polar surface area (TPSA) is 189 Å². The molecule has 0 aliphatic carbocycles. The molecule has 0 spiro atoms. The second-order valence-corrected chi connectivity index (χ2v) is 8.00. The summed E-state index contributed by atoms with van der Waals surface area (Å²) < 4.78 is 4.70. The van der Waals surface area contributed by atoms with E-state index < -0.39 is 43.4 Å². The SMILES string of the molecule is CC(C)(C)NCC(O)c1ccc(O)c(CO)c1.N[C@H]1C(O)O[C@H](CO)[C@@H](O)[C@@H]1O. The molecule has 0 aromatic heterocycles. The summed E-state index contributed by atoms with van der Waals surface area (Å²) in [5.41, 5.74) is 6.32. The molecule has 10 nitrogen and oxygen atoms in total. The molecule has 2 unspecified atom stereocenters. The number of aromatic hydroxyl groups is 1. The van der Waals surface area contributed by atoms with Crippen LogP contribution in [0.1, 0.15) is 38.0 Å². The van der Waals surface area contributed by atoms with E-state index >= 15 is 0 Å². The minimum atomic E-state index is -1.35. The van der Waals surface area contributed by atoms with Gasteiger partial charge in [0, 0.05) is 17.6 Å². The van der Waals surface area contributed by atoms with Crippen LogP contribution in [-0.2, 0) is 11.3 Å². The smallest absolute Gasteiger partial charge is 0.173 e. The average molecular weight is 418 g/mol. The van der Waals surface area contributed by atoms with Gasteiger partial charge < -0.3 is 51.5 Å². The molecule has 1 aliphatic heterocycles. The molecular formula is C19H34N2O8. The Kier molecular flexibility index (Phi) is 9.89. The zero-order chi connectivity index (χ0) is 22.4. The first-order chi connectivity index (χ1) is 13.4. The molecule has 1 aromatic carbocycles. The molecule has 0 saturated carbocycles. The number of phenols is 1. The Morgan fingerprint density at radius 2 is 1.76 bits per heavy atom. The predicted molar refractivity (Wildman–Crippen MR) is 105 cm³/mol. The Hall–Kier alpha value is -1.34. The van der Waals surface area contributed by atoms with Crippen LogP contribution < -0.4 is 11.1 Å². The maximum Gasteiger partial charge on any atom is 0.173 e. The van der Waals surface area contributed by atoms with E-state index in [0.717, 1.165) is 0 Å². The van der Waals surface area contributed by atoms with Crippen LogP contribution in [0.5, 0.6) is 5.75 Å². The standard InChI is InChI=1S/C13H21NO3.C6H13NO5/c1-13(2,3)14-7-12(17)9-4-5-11(16)10(6-9)8-15;7-3-5(10)4(9)2(1-8)12-6(3)11/h4-6,12,14-17H,7-8H2,1-3H3;2-6,8-11H,1,7H2/t;2-,3-,4-,5-,6?/m.1/s1. The van der Waals surface area contributed by atoms with Gasteiger partial charge in [-0.15, -0.1) is 0 Å². The van der Waals surface area contributed by atoms with Gasteiger partial charge in [0.2, 0.25) is 0 Å². The Balaban J connectivity index is 0.000000308. The monoisotopic (exact) mass is 418 g/mol. The minimum Gasteiger partial charge on any atom is -0.508 e. The van der Waals surface area contributed by atoms with E-state index in [1.807, 2.05) is 20.8 Å². The van der Waals surface area contributed by atoms with Crippen LogP contribution in [-0.4, -0.2) is 85.1 Å². The average Bonchev–Trinajstić information content (AvgIpc) is 2.67. The molecule has 1 fully saturated rings. The number of ether oxygens (including phenoxy) is 1. The first-order valence-corrected chi connectivity index (χ1v) is 9.33. The minimum absolute atomic E-state index is 0.0484. The summed E-state index contributed by atoms with van der Waals surface area (Å²) in [5.74, 6) is 0.0484. The molecule has 0 amide bonds. The molecule has 2 rings (SSSR count). The van der Waals surface area contributed by atoms with Crippen LogP contribution in [0.15, 0.2) is 18.2 Å². The molecule has 168 valence electrons. The van der Waals surface area contributed by atoms with Crippen molar-refractivity contribution in [3.63, 3.8) is 0 Å². The fraction of sp³-hybridized carbons (Fsp3) is 0.684. The third-order valence-corrected chi connectivity index (χ3v) is 4.43. The van der Waals surface area contributed by atoms with E-state index in [9.17, 15) is 20.4 Å². The van der Waals surface area contributed by atoms with Gasteiger partial charge in [0.25, 0.3) is 0 Å². The predicted octanol–water partition coefficient (Wildman–Crippen LogP) is -1.95. The summed E-state index contributed by atoms with van der Waals surface area (Å²) in [7, 11) is 0. The molecule has 10 heteroatoms. The zero-order valence-electron chi connectivity index (χ0n) is 16.9. The van der Waals surface area contributed by atoms with Gasteiger partial charge in [-0.1, -0.05) is 6.07 Å². The van der Waals surface area contributed by atoms with Crippen molar-refractivity contribution < 1.29 is 40.5 Å². The van der Waals surface area contributed by atoms with Crippen LogP contribution in [0, 0.1) is 0 Å². The third kappa shape index (κ3) is 7.78. The Labute approximate surface area is 170 Å². The van der Waals surface area contributed by atoms with Gasteiger partial charge in [0.15, 0.2) is 6.29 Å². The van der Waals surface area contributed by atoms with Crippen LogP contribution >= 0.6 is 0 Å². The quantitative estimate of drug-likeness (QED) is 0.260. The number of hydrogen-bond acceptors (Lipinski definition) is 10. The largest absolute Gasteiger partial charge is 0.508 e. The first-order valence-electron chi connectivity index (χ1n) is 9.33. The third-order valence-electron chi connectivity index (χ3n) is 4.43. The van der Waals surface area contributed by atoms with E-state index in [-0.39, 0.29) is 17.9 Å². The number of nitrogens with two attached hydrogens (primary N) is 1. The van der Waals surface area contributed by atoms with Crippen molar-refractivity contribution >= 4 is 0 Å². The number of rotatable bonds is 5. The number of β-amino-alcohol motifs (C(OH)–C–C–N with tert-alkyl or cyclic N) is 1. The number of benzene rings is 1. The van der Waals surface area contributed by atoms with Crippen molar-refractivity contribution in [2.24, 2.45) is 5.73 Å². The Bertz CT molecular complexity index is 620. The lowest BCUT2D eigenvalue weighted by Crippen LogP contribution is -2.61. The fourth-order valence-electron chi connectivity index (χ4n) is 2.58. The highest BCUT2D eigenvalue weighted by atomic mass is 16.6. The van der Waals surface area contributed by atoms with Crippen LogP contribution in [0.25, 0.3) is 0 Å². The number of hydrogen-bond donors (Lipinski definition) is 9. The van der Waals surface area contributed by atoms with Crippen LogP contribution in [0.2, 0.25) is 0 Å². The van der Waals surface area contributed by atoms with Crippen molar-refractivity contribution in [2.75, 3.05) is 13.2 Å². The summed E-state index contributed by atoms with van der Waals surface area (Å²) >= 11 is 0. The molecule has 1 heterocycles. The van der Waals surface area contributed by atoms with E-state index in [0.29, 0.717) is 17.7 Å².